The van der Waals surface area contributed by atoms with Crippen LogP contribution in [-0.4, -0.2) is 13.1 Å². The van der Waals surface area contributed by atoms with Gasteiger partial charge in [-0.05, 0) is 26.0 Å². The molecule has 1 aromatic carbocycles. The number of alkyl halides is 1. The molecule has 1 heterocycles. The summed E-state index contributed by atoms with van der Waals surface area (Å²) in [7, 11) is 0. The van der Waals surface area contributed by atoms with Crippen LogP contribution in [0.15, 0.2) is 28.7 Å². The van der Waals surface area contributed by atoms with E-state index in [1.54, 1.807) is 6.92 Å². The van der Waals surface area contributed by atoms with Gasteiger partial charge in [-0.15, -0.1) is 0 Å². The summed E-state index contributed by atoms with van der Waals surface area (Å²) in [5.74, 6) is 0.0798. The summed E-state index contributed by atoms with van der Waals surface area (Å²) in [4.78, 5) is 0. The van der Waals surface area contributed by atoms with Gasteiger partial charge >= 0.3 is 0 Å². The standard InChI is InChI=1S/C12H15BrFN/c1-12(14,9-6-7-15-8-9)10-4-2-3-5-11(10)13/h2-5,9,15H,6-8H2,1H3. The lowest BCUT2D eigenvalue weighted by Crippen LogP contribution is -2.29. The van der Waals surface area contributed by atoms with Crippen molar-refractivity contribution in [3.63, 3.8) is 0 Å². The molecule has 1 nitrogen and oxygen atoms in total. The third-order valence-corrected chi connectivity index (χ3v) is 3.92. The lowest BCUT2D eigenvalue weighted by Gasteiger charge is -2.28. The highest BCUT2D eigenvalue weighted by atomic mass is 79.9. The molecule has 1 aromatic rings. The fourth-order valence-electron chi connectivity index (χ4n) is 2.19. The Balaban J connectivity index is 2.31. The van der Waals surface area contributed by atoms with Gasteiger partial charge in [0.05, 0.1) is 0 Å². The van der Waals surface area contributed by atoms with Crippen LogP contribution in [0.1, 0.15) is 18.9 Å². The lowest BCUT2D eigenvalue weighted by molar-refractivity contribution is 0.111. The number of hydrogen-bond donors (Lipinski definition) is 1. The molecule has 0 bridgehead atoms. The smallest absolute Gasteiger partial charge is 0.138 e. The molecule has 3 heteroatoms. The number of halogens is 2. The van der Waals surface area contributed by atoms with Gasteiger partial charge in [0.1, 0.15) is 5.67 Å². The van der Waals surface area contributed by atoms with Gasteiger partial charge in [0.15, 0.2) is 0 Å². The largest absolute Gasteiger partial charge is 0.316 e. The van der Waals surface area contributed by atoms with E-state index in [1.807, 2.05) is 24.3 Å². The molecule has 1 saturated heterocycles. The molecule has 0 amide bonds. The molecule has 0 aliphatic carbocycles. The van der Waals surface area contributed by atoms with Crippen LogP contribution in [-0.2, 0) is 5.67 Å². The Morgan fingerprint density at radius 1 is 1.47 bits per heavy atom. The van der Waals surface area contributed by atoms with Crippen molar-refractivity contribution in [2.75, 3.05) is 13.1 Å². The Bertz CT molecular complexity index is 345. The number of hydrogen-bond acceptors (Lipinski definition) is 1. The zero-order chi connectivity index (χ0) is 10.9. The van der Waals surface area contributed by atoms with Crippen LogP contribution in [0.25, 0.3) is 0 Å². The van der Waals surface area contributed by atoms with Gasteiger partial charge in [-0.25, -0.2) is 4.39 Å². The maximum atomic E-state index is 14.7. The van der Waals surface area contributed by atoms with Gasteiger partial charge in [0.25, 0.3) is 0 Å². The number of benzene rings is 1. The van der Waals surface area contributed by atoms with Crippen molar-refractivity contribution < 1.29 is 4.39 Å². The van der Waals surface area contributed by atoms with Crippen LogP contribution in [0.2, 0.25) is 0 Å². The molecule has 82 valence electrons. The second-order valence-electron chi connectivity index (χ2n) is 4.25. The Hall–Kier alpha value is -0.410. The highest BCUT2D eigenvalue weighted by molar-refractivity contribution is 9.10. The van der Waals surface area contributed by atoms with E-state index in [4.69, 9.17) is 0 Å². The molecular formula is C12H15BrFN. The Labute approximate surface area is 98.2 Å². The van der Waals surface area contributed by atoms with Gasteiger partial charge in [-0.3, -0.25) is 0 Å². The third kappa shape index (κ3) is 2.08. The summed E-state index contributed by atoms with van der Waals surface area (Å²) in [5, 5.41) is 3.21. The molecule has 1 aliphatic heterocycles. The molecule has 2 rings (SSSR count). The highest BCUT2D eigenvalue weighted by Crippen LogP contribution is 2.40. The van der Waals surface area contributed by atoms with E-state index >= 15 is 0 Å². The first-order chi connectivity index (χ1) is 7.12. The summed E-state index contributed by atoms with van der Waals surface area (Å²) in [6.45, 7) is 3.38. The third-order valence-electron chi connectivity index (χ3n) is 3.23. The van der Waals surface area contributed by atoms with Crippen molar-refractivity contribution in [1.29, 1.82) is 0 Å². The second kappa shape index (κ2) is 4.22. The summed E-state index contributed by atoms with van der Waals surface area (Å²) in [6.07, 6.45) is 0.911. The van der Waals surface area contributed by atoms with E-state index in [9.17, 15) is 4.39 Å². The van der Waals surface area contributed by atoms with E-state index in [1.165, 1.54) is 0 Å². The van der Waals surface area contributed by atoms with Gasteiger partial charge in [0.2, 0.25) is 0 Å². The van der Waals surface area contributed by atoms with Crippen molar-refractivity contribution >= 4 is 15.9 Å². The zero-order valence-corrected chi connectivity index (χ0v) is 10.3. The van der Waals surface area contributed by atoms with E-state index in [-0.39, 0.29) is 5.92 Å². The summed E-state index contributed by atoms with van der Waals surface area (Å²) < 4.78 is 15.6. The van der Waals surface area contributed by atoms with Gasteiger partial charge in [-0.2, -0.15) is 0 Å². The fourth-order valence-corrected chi connectivity index (χ4v) is 2.87. The first-order valence-corrected chi connectivity index (χ1v) is 6.06. The minimum absolute atomic E-state index is 0.0798. The van der Waals surface area contributed by atoms with Gasteiger partial charge in [0, 0.05) is 22.5 Å². The Kier molecular flexibility index (Phi) is 3.12. The molecule has 15 heavy (non-hydrogen) atoms. The monoisotopic (exact) mass is 271 g/mol. The first kappa shape index (κ1) is 11.1. The van der Waals surface area contributed by atoms with Crippen LogP contribution in [0.5, 0.6) is 0 Å². The van der Waals surface area contributed by atoms with Crippen LogP contribution in [0.3, 0.4) is 0 Å². The van der Waals surface area contributed by atoms with E-state index in [0.29, 0.717) is 0 Å². The first-order valence-electron chi connectivity index (χ1n) is 5.27. The zero-order valence-electron chi connectivity index (χ0n) is 8.76. The lowest BCUT2D eigenvalue weighted by atomic mass is 9.84. The minimum Gasteiger partial charge on any atom is -0.316 e. The molecular weight excluding hydrogens is 257 g/mol. The Morgan fingerprint density at radius 3 is 2.80 bits per heavy atom. The maximum absolute atomic E-state index is 14.7. The fraction of sp³-hybridized carbons (Fsp3) is 0.500. The SMILES string of the molecule is CC(F)(c1ccccc1Br)C1CCNC1. The molecule has 1 fully saturated rings. The van der Waals surface area contributed by atoms with Crippen LogP contribution in [0, 0.1) is 5.92 Å². The predicted molar refractivity (Wildman–Crippen MR) is 63.6 cm³/mol. The van der Waals surface area contributed by atoms with Gasteiger partial charge < -0.3 is 5.32 Å². The van der Waals surface area contributed by atoms with E-state index in [2.05, 4.69) is 21.2 Å². The van der Waals surface area contributed by atoms with Crippen LogP contribution in [0.4, 0.5) is 4.39 Å². The minimum atomic E-state index is -1.25. The normalized spacial score (nSPS) is 25.1. The molecule has 1 aliphatic rings. The highest BCUT2D eigenvalue weighted by Gasteiger charge is 2.38. The summed E-state index contributed by atoms with van der Waals surface area (Å²) in [5.41, 5.74) is -0.484. The van der Waals surface area contributed by atoms with Crippen LogP contribution >= 0.6 is 15.9 Å². The quantitative estimate of drug-likeness (QED) is 0.871. The van der Waals surface area contributed by atoms with E-state index < -0.39 is 5.67 Å². The topological polar surface area (TPSA) is 12.0 Å². The van der Waals surface area contributed by atoms with Gasteiger partial charge in [-0.1, -0.05) is 34.1 Å². The average molecular weight is 272 g/mol. The molecule has 2 atom stereocenters. The molecule has 0 saturated carbocycles. The molecule has 0 spiro atoms. The number of nitrogens with one attached hydrogen (secondary N) is 1. The molecule has 2 unspecified atom stereocenters. The summed E-state index contributed by atoms with van der Waals surface area (Å²) in [6, 6.07) is 7.56. The van der Waals surface area contributed by atoms with Crippen molar-refractivity contribution in [2.24, 2.45) is 5.92 Å². The molecule has 1 N–H and O–H groups in total. The van der Waals surface area contributed by atoms with Crippen LogP contribution < -0.4 is 5.32 Å². The van der Waals surface area contributed by atoms with Crippen molar-refractivity contribution in [1.82, 2.24) is 5.32 Å². The molecule has 0 radical (unpaired) electrons. The van der Waals surface area contributed by atoms with Crippen molar-refractivity contribution in [3.05, 3.63) is 34.3 Å². The summed E-state index contributed by atoms with van der Waals surface area (Å²) >= 11 is 3.42. The van der Waals surface area contributed by atoms with E-state index in [0.717, 1.165) is 29.5 Å². The van der Waals surface area contributed by atoms with Crippen molar-refractivity contribution in [2.45, 2.75) is 19.0 Å². The second-order valence-corrected chi connectivity index (χ2v) is 5.10. The Morgan fingerprint density at radius 2 is 2.20 bits per heavy atom. The molecule has 0 aromatic heterocycles. The predicted octanol–water partition coefficient (Wildman–Crippen LogP) is 3.24. The average Bonchev–Trinajstić information content (AvgIpc) is 2.71. The maximum Gasteiger partial charge on any atom is 0.138 e. The number of rotatable bonds is 2. The van der Waals surface area contributed by atoms with Crippen molar-refractivity contribution in [3.8, 4) is 0 Å².